The van der Waals surface area contributed by atoms with Crippen molar-refractivity contribution in [3.05, 3.63) is 43.8 Å². The summed E-state index contributed by atoms with van der Waals surface area (Å²) in [5, 5.41) is 3.31. The summed E-state index contributed by atoms with van der Waals surface area (Å²) in [5.74, 6) is 0.198. The third-order valence-corrected chi connectivity index (χ3v) is 6.64. The minimum Gasteiger partial charge on any atom is -0.495 e. The van der Waals surface area contributed by atoms with Crippen LogP contribution in [-0.4, -0.2) is 42.3 Å². The molecule has 0 saturated heterocycles. The van der Waals surface area contributed by atoms with Gasteiger partial charge in [0.1, 0.15) is 27.0 Å². The number of ether oxygens (including phenoxy) is 3. The molecule has 1 aliphatic rings. The van der Waals surface area contributed by atoms with Crippen LogP contribution in [0.5, 0.6) is 11.5 Å². The number of thiophene rings is 1. The summed E-state index contributed by atoms with van der Waals surface area (Å²) in [6.45, 7) is 1.79. The Morgan fingerprint density at radius 3 is 2.72 bits per heavy atom. The van der Waals surface area contributed by atoms with Gasteiger partial charge in [0, 0.05) is 19.0 Å². The monoisotopic (exact) mass is 477 g/mol. The van der Waals surface area contributed by atoms with Crippen LogP contribution < -0.4 is 20.3 Å². The summed E-state index contributed by atoms with van der Waals surface area (Å²) < 4.78 is 17.2. The number of rotatable bonds is 6. The van der Waals surface area contributed by atoms with Gasteiger partial charge >= 0.3 is 5.97 Å². The zero-order valence-electron chi connectivity index (χ0n) is 17.6. The van der Waals surface area contributed by atoms with Crippen molar-refractivity contribution in [3.8, 4) is 11.5 Å². The third-order valence-electron chi connectivity index (χ3n) is 5.18. The first-order valence-electron chi connectivity index (χ1n) is 9.75. The summed E-state index contributed by atoms with van der Waals surface area (Å²) in [7, 11) is 2.90. The fraction of sp³-hybridized carbons (Fsp3) is 0.333. The molecule has 0 saturated carbocycles. The van der Waals surface area contributed by atoms with E-state index in [4.69, 9.17) is 25.8 Å². The highest BCUT2D eigenvalue weighted by atomic mass is 35.5. The fourth-order valence-corrected chi connectivity index (χ4v) is 4.94. The fourth-order valence-electron chi connectivity index (χ4n) is 3.61. The van der Waals surface area contributed by atoms with Crippen molar-refractivity contribution < 1.29 is 23.8 Å². The van der Waals surface area contributed by atoms with E-state index in [0.717, 1.165) is 30.0 Å². The topological polar surface area (TPSA) is 109 Å². The number of anilines is 1. The molecule has 168 valence electrons. The van der Waals surface area contributed by atoms with Crippen LogP contribution >= 0.6 is 22.9 Å². The number of carbonyl (C=O) groups excluding carboxylic acids is 2. The molecule has 1 N–H and O–H groups in total. The average molecular weight is 478 g/mol. The smallest absolute Gasteiger partial charge is 0.349 e. The van der Waals surface area contributed by atoms with Crippen LogP contribution in [0.15, 0.2) is 16.9 Å². The number of carbonyl (C=O) groups is 2. The second kappa shape index (κ2) is 8.79. The molecular formula is C21H20ClN3O6S. The summed E-state index contributed by atoms with van der Waals surface area (Å²) in [4.78, 5) is 43.0. The largest absolute Gasteiger partial charge is 0.495 e. The lowest BCUT2D eigenvalue weighted by molar-refractivity contribution is -0.119. The highest BCUT2D eigenvalue weighted by Gasteiger charge is 2.24. The second-order valence-electron chi connectivity index (χ2n) is 7.14. The quantitative estimate of drug-likeness (QED) is 0.543. The van der Waals surface area contributed by atoms with Gasteiger partial charge in [-0.1, -0.05) is 11.6 Å². The van der Waals surface area contributed by atoms with Crippen molar-refractivity contribution >= 4 is 50.7 Å². The first kappa shape index (κ1) is 22.1. The summed E-state index contributed by atoms with van der Waals surface area (Å²) >= 11 is 7.20. The van der Waals surface area contributed by atoms with Gasteiger partial charge in [-0.25, -0.2) is 9.78 Å². The molecule has 0 fully saturated rings. The maximum absolute atomic E-state index is 12.8. The Kier molecular flexibility index (Phi) is 6.07. The Bertz CT molecular complexity index is 1300. The number of hydrogen-bond donors (Lipinski definition) is 1. The predicted molar refractivity (Wildman–Crippen MR) is 120 cm³/mol. The standard InChI is InChI=1S/C21H20ClN3O6S/c1-10-17-19(24-15-5-4-6-25(15)20(17)27)32-18(10)21(28)31-9-16(26)23-12-7-11(22)13(29-2)8-14(12)30-3/h7-8H,4-6,9H2,1-3H3,(H,23,26). The Labute approximate surface area is 191 Å². The van der Waals surface area contributed by atoms with E-state index in [0.29, 0.717) is 39.5 Å². The molecule has 2 aromatic heterocycles. The first-order chi connectivity index (χ1) is 15.3. The molecular weight excluding hydrogens is 458 g/mol. The molecule has 1 aromatic carbocycles. The van der Waals surface area contributed by atoms with E-state index in [1.54, 1.807) is 11.5 Å². The van der Waals surface area contributed by atoms with Crippen molar-refractivity contribution in [2.45, 2.75) is 26.3 Å². The maximum atomic E-state index is 12.8. The highest BCUT2D eigenvalue weighted by Crippen LogP contribution is 2.36. The Hall–Kier alpha value is -3.11. The van der Waals surface area contributed by atoms with Crippen molar-refractivity contribution in [3.63, 3.8) is 0 Å². The lowest BCUT2D eigenvalue weighted by Crippen LogP contribution is -2.22. The molecule has 9 nitrogen and oxygen atoms in total. The SMILES string of the molecule is COc1cc(OC)c(NC(=O)COC(=O)c2sc3nc4n(c(=O)c3c2C)CCC4)cc1Cl. The van der Waals surface area contributed by atoms with Crippen LogP contribution in [0.2, 0.25) is 5.02 Å². The molecule has 3 aromatic rings. The van der Waals surface area contributed by atoms with Gasteiger partial charge in [0.05, 0.1) is 30.3 Å². The zero-order chi connectivity index (χ0) is 23.0. The maximum Gasteiger partial charge on any atom is 0.349 e. The van der Waals surface area contributed by atoms with Crippen LogP contribution in [0.3, 0.4) is 0 Å². The van der Waals surface area contributed by atoms with Gasteiger partial charge in [0.2, 0.25) is 0 Å². The van der Waals surface area contributed by atoms with E-state index in [2.05, 4.69) is 10.3 Å². The predicted octanol–water partition coefficient (Wildman–Crippen LogP) is 3.18. The molecule has 0 atom stereocenters. The van der Waals surface area contributed by atoms with Crippen LogP contribution in [0.4, 0.5) is 5.69 Å². The van der Waals surface area contributed by atoms with Crippen molar-refractivity contribution in [2.24, 2.45) is 0 Å². The minimum atomic E-state index is -0.690. The van der Waals surface area contributed by atoms with Gasteiger partial charge in [-0.3, -0.25) is 14.2 Å². The van der Waals surface area contributed by atoms with Gasteiger partial charge in [0.15, 0.2) is 6.61 Å². The molecule has 0 spiro atoms. The van der Waals surface area contributed by atoms with Crippen LogP contribution in [0.1, 0.15) is 27.5 Å². The van der Waals surface area contributed by atoms with Crippen LogP contribution in [-0.2, 0) is 22.5 Å². The van der Waals surface area contributed by atoms with Gasteiger partial charge in [-0.2, -0.15) is 0 Å². The van der Waals surface area contributed by atoms with Gasteiger partial charge in [-0.15, -0.1) is 11.3 Å². The molecule has 3 heterocycles. The van der Waals surface area contributed by atoms with E-state index in [-0.39, 0.29) is 15.5 Å². The summed E-state index contributed by atoms with van der Waals surface area (Å²) in [5.41, 5.74) is 0.680. The Morgan fingerprint density at radius 2 is 2.00 bits per heavy atom. The molecule has 1 aliphatic heterocycles. The number of aryl methyl sites for hydroxylation is 2. The van der Waals surface area contributed by atoms with E-state index < -0.39 is 18.5 Å². The number of fused-ring (bicyclic) bond motifs is 2. The number of halogens is 1. The molecule has 32 heavy (non-hydrogen) atoms. The summed E-state index contributed by atoms with van der Waals surface area (Å²) in [6, 6.07) is 3.01. The number of benzene rings is 1. The third kappa shape index (κ3) is 3.91. The number of aromatic nitrogens is 2. The lowest BCUT2D eigenvalue weighted by Gasteiger charge is -2.13. The van der Waals surface area contributed by atoms with Crippen molar-refractivity contribution in [2.75, 3.05) is 26.1 Å². The molecule has 0 bridgehead atoms. The van der Waals surface area contributed by atoms with Gasteiger partial charge in [0.25, 0.3) is 11.5 Å². The number of methoxy groups -OCH3 is 2. The number of esters is 1. The van der Waals surface area contributed by atoms with Crippen LogP contribution in [0.25, 0.3) is 10.2 Å². The average Bonchev–Trinajstić information content (AvgIpc) is 3.37. The molecule has 0 radical (unpaired) electrons. The lowest BCUT2D eigenvalue weighted by atomic mass is 10.2. The van der Waals surface area contributed by atoms with Crippen molar-refractivity contribution in [1.82, 2.24) is 9.55 Å². The van der Waals surface area contributed by atoms with E-state index in [1.807, 2.05) is 0 Å². The van der Waals surface area contributed by atoms with E-state index >= 15 is 0 Å². The molecule has 4 rings (SSSR count). The minimum absolute atomic E-state index is 0.142. The number of hydrogen-bond acceptors (Lipinski definition) is 8. The molecule has 11 heteroatoms. The van der Waals surface area contributed by atoms with Crippen LogP contribution in [0, 0.1) is 6.92 Å². The first-order valence-corrected chi connectivity index (χ1v) is 10.9. The number of amides is 1. The zero-order valence-corrected chi connectivity index (χ0v) is 19.2. The Morgan fingerprint density at radius 1 is 1.25 bits per heavy atom. The normalized spacial score (nSPS) is 12.5. The van der Waals surface area contributed by atoms with Gasteiger partial charge in [-0.05, 0) is 25.0 Å². The summed E-state index contributed by atoms with van der Waals surface area (Å²) in [6.07, 6.45) is 1.62. The molecule has 0 unspecified atom stereocenters. The highest BCUT2D eigenvalue weighted by molar-refractivity contribution is 7.20. The van der Waals surface area contributed by atoms with Crippen molar-refractivity contribution in [1.29, 1.82) is 0 Å². The van der Waals surface area contributed by atoms with E-state index in [9.17, 15) is 14.4 Å². The number of nitrogens with one attached hydrogen (secondary N) is 1. The number of nitrogens with zero attached hydrogens (tertiary/aromatic N) is 2. The van der Waals surface area contributed by atoms with E-state index in [1.165, 1.54) is 26.4 Å². The Balaban J connectivity index is 1.49. The van der Waals surface area contributed by atoms with Gasteiger partial charge < -0.3 is 19.5 Å². The second-order valence-corrected chi connectivity index (χ2v) is 8.54. The molecule has 1 amide bonds. The molecule has 0 aliphatic carbocycles.